The zero-order valence-electron chi connectivity index (χ0n) is 14.2. The van der Waals surface area contributed by atoms with Gasteiger partial charge in [-0.2, -0.15) is 0 Å². The highest BCUT2D eigenvalue weighted by atomic mass is 16.4. The van der Waals surface area contributed by atoms with Crippen LogP contribution in [-0.2, 0) is 16.0 Å². The molecule has 1 aromatic carbocycles. The molecule has 1 amide bonds. The van der Waals surface area contributed by atoms with Gasteiger partial charge in [0.25, 0.3) is 0 Å². The number of benzene rings is 1. The van der Waals surface area contributed by atoms with Gasteiger partial charge in [-0.3, -0.25) is 9.59 Å². The summed E-state index contributed by atoms with van der Waals surface area (Å²) >= 11 is 0. The second kappa shape index (κ2) is 7.82. The van der Waals surface area contributed by atoms with Crippen LogP contribution in [0, 0.1) is 0 Å². The van der Waals surface area contributed by atoms with E-state index in [4.69, 9.17) is 5.11 Å². The zero-order valence-corrected chi connectivity index (χ0v) is 14.2. The minimum Gasteiger partial charge on any atom is -0.481 e. The first kappa shape index (κ1) is 17.0. The van der Waals surface area contributed by atoms with Gasteiger partial charge in [-0.05, 0) is 62.0 Å². The number of carboxylic acids is 1. The minimum absolute atomic E-state index is 0.112. The SMILES string of the molecule is O=C(O)CCC1CCCCN1C(=O)CC1CCCc2ccccc21. The monoisotopic (exact) mass is 329 g/mol. The molecule has 1 heterocycles. The molecule has 1 fully saturated rings. The van der Waals surface area contributed by atoms with E-state index < -0.39 is 5.97 Å². The van der Waals surface area contributed by atoms with Gasteiger partial charge < -0.3 is 10.0 Å². The number of aliphatic carboxylic acids is 1. The van der Waals surface area contributed by atoms with Gasteiger partial charge in [0.05, 0.1) is 0 Å². The number of fused-ring (bicyclic) bond motifs is 1. The Hall–Kier alpha value is -1.84. The molecule has 0 bridgehead atoms. The summed E-state index contributed by atoms with van der Waals surface area (Å²) in [6.07, 6.45) is 7.74. The van der Waals surface area contributed by atoms with Crippen LogP contribution in [0.1, 0.15) is 68.4 Å². The molecule has 0 saturated carbocycles. The summed E-state index contributed by atoms with van der Waals surface area (Å²) in [4.78, 5) is 25.8. The highest BCUT2D eigenvalue weighted by Gasteiger charge is 2.30. The molecule has 0 aromatic heterocycles. The molecule has 1 saturated heterocycles. The van der Waals surface area contributed by atoms with Crippen molar-refractivity contribution >= 4 is 11.9 Å². The summed E-state index contributed by atoms with van der Waals surface area (Å²) in [6.45, 7) is 0.789. The van der Waals surface area contributed by atoms with Crippen LogP contribution < -0.4 is 0 Å². The Bertz CT molecular complexity index is 598. The number of nitrogens with zero attached hydrogens (tertiary/aromatic N) is 1. The number of carbonyl (C=O) groups excluding carboxylic acids is 1. The minimum atomic E-state index is -0.769. The molecule has 130 valence electrons. The highest BCUT2D eigenvalue weighted by molar-refractivity contribution is 5.78. The van der Waals surface area contributed by atoms with Crippen molar-refractivity contribution in [1.29, 1.82) is 0 Å². The van der Waals surface area contributed by atoms with E-state index in [0.29, 0.717) is 18.8 Å². The molecule has 3 rings (SSSR count). The van der Waals surface area contributed by atoms with Crippen LogP contribution in [-0.4, -0.2) is 34.5 Å². The second-order valence-corrected chi connectivity index (χ2v) is 7.16. The lowest BCUT2D eigenvalue weighted by atomic mass is 9.80. The molecule has 4 heteroatoms. The highest BCUT2D eigenvalue weighted by Crippen LogP contribution is 2.35. The van der Waals surface area contributed by atoms with Crippen LogP contribution in [0.4, 0.5) is 0 Å². The maximum absolute atomic E-state index is 12.9. The van der Waals surface area contributed by atoms with Crippen molar-refractivity contribution in [2.24, 2.45) is 0 Å². The van der Waals surface area contributed by atoms with E-state index in [0.717, 1.165) is 45.1 Å². The Labute approximate surface area is 143 Å². The lowest BCUT2D eigenvalue weighted by molar-refractivity contribution is -0.140. The van der Waals surface area contributed by atoms with E-state index in [1.165, 1.54) is 11.1 Å². The molecular weight excluding hydrogens is 302 g/mol. The van der Waals surface area contributed by atoms with Crippen molar-refractivity contribution in [3.05, 3.63) is 35.4 Å². The average molecular weight is 329 g/mol. The fourth-order valence-corrected chi connectivity index (χ4v) is 4.31. The summed E-state index contributed by atoms with van der Waals surface area (Å²) in [5.74, 6) is -0.231. The van der Waals surface area contributed by atoms with Crippen LogP contribution >= 0.6 is 0 Å². The van der Waals surface area contributed by atoms with Crippen LogP contribution in [0.2, 0.25) is 0 Å². The van der Waals surface area contributed by atoms with E-state index in [1.54, 1.807) is 0 Å². The molecule has 1 aliphatic carbocycles. The molecule has 1 aliphatic heterocycles. The number of hydrogen-bond donors (Lipinski definition) is 1. The smallest absolute Gasteiger partial charge is 0.303 e. The van der Waals surface area contributed by atoms with Gasteiger partial charge in [0.1, 0.15) is 0 Å². The van der Waals surface area contributed by atoms with Gasteiger partial charge in [0.2, 0.25) is 5.91 Å². The second-order valence-electron chi connectivity index (χ2n) is 7.16. The zero-order chi connectivity index (χ0) is 16.9. The first-order chi connectivity index (χ1) is 11.6. The predicted molar refractivity (Wildman–Crippen MR) is 93.0 cm³/mol. The number of carbonyl (C=O) groups is 2. The maximum Gasteiger partial charge on any atom is 0.303 e. The first-order valence-corrected chi connectivity index (χ1v) is 9.24. The van der Waals surface area contributed by atoms with E-state index in [-0.39, 0.29) is 18.4 Å². The van der Waals surface area contributed by atoms with Gasteiger partial charge in [-0.15, -0.1) is 0 Å². The van der Waals surface area contributed by atoms with E-state index >= 15 is 0 Å². The van der Waals surface area contributed by atoms with E-state index in [2.05, 4.69) is 24.3 Å². The number of piperidine rings is 1. The Morgan fingerprint density at radius 1 is 1.12 bits per heavy atom. The van der Waals surface area contributed by atoms with Crippen LogP contribution in [0.5, 0.6) is 0 Å². The number of likely N-dealkylation sites (tertiary alicyclic amines) is 1. The van der Waals surface area contributed by atoms with Gasteiger partial charge in [0, 0.05) is 25.4 Å². The quantitative estimate of drug-likeness (QED) is 0.895. The lowest BCUT2D eigenvalue weighted by Gasteiger charge is -2.37. The third-order valence-electron chi connectivity index (χ3n) is 5.55. The number of rotatable bonds is 5. The molecule has 2 aliphatic rings. The van der Waals surface area contributed by atoms with Gasteiger partial charge >= 0.3 is 5.97 Å². The molecule has 24 heavy (non-hydrogen) atoms. The number of hydrogen-bond acceptors (Lipinski definition) is 2. The van der Waals surface area contributed by atoms with E-state index in [9.17, 15) is 9.59 Å². The normalized spacial score (nSPS) is 23.6. The summed E-state index contributed by atoms with van der Waals surface area (Å²) in [7, 11) is 0. The summed E-state index contributed by atoms with van der Waals surface area (Å²) in [5, 5.41) is 8.94. The molecule has 1 N–H and O–H groups in total. The molecule has 1 aromatic rings. The average Bonchev–Trinajstić information content (AvgIpc) is 2.60. The molecular formula is C20H27NO3. The van der Waals surface area contributed by atoms with Crippen molar-refractivity contribution < 1.29 is 14.7 Å². The molecule has 2 unspecified atom stereocenters. The van der Waals surface area contributed by atoms with Gasteiger partial charge in [-0.25, -0.2) is 0 Å². The number of aryl methyl sites for hydroxylation is 1. The Morgan fingerprint density at radius 2 is 1.96 bits per heavy atom. The Morgan fingerprint density at radius 3 is 2.79 bits per heavy atom. The number of carboxylic acid groups (broad SMARTS) is 1. The van der Waals surface area contributed by atoms with E-state index in [1.807, 2.05) is 4.90 Å². The maximum atomic E-state index is 12.9. The number of amides is 1. The Balaban J connectivity index is 1.66. The molecule has 4 nitrogen and oxygen atoms in total. The molecule has 0 radical (unpaired) electrons. The Kier molecular flexibility index (Phi) is 5.54. The van der Waals surface area contributed by atoms with Gasteiger partial charge in [0.15, 0.2) is 0 Å². The lowest BCUT2D eigenvalue weighted by Crippen LogP contribution is -2.44. The fourth-order valence-electron chi connectivity index (χ4n) is 4.31. The topological polar surface area (TPSA) is 57.6 Å². The van der Waals surface area contributed by atoms with Gasteiger partial charge in [-0.1, -0.05) is 24.3 Å². The van der Waals surface area contributed by atoms with Crippen molar-refractivity contribution in [3.63, 3.8) is 0 Å². The van der Waals surface area contributed by atoms with Crippen molar-refractivity contribution in [2.45, 2.75) is 69.7 Å². The van der Waals surface area contributed by atoms with Crippen LogP contribution in [0.3, 0.4) is 0 Å². The van der Waals surface area contributed by atoms with Crippen LogP contribution in [0.25, 0.3) is 0 Å². The van der Waals surface area contributed by atoms with Crippen LogP contribution in [0.15, 0.2) is 24.3 Å². The molecule has 0 spiro atoms. The summed E-state index contributed by atoms with van der Waals surface area (Å²) < 4.78 is 0. The predicted octanol–water partition coefficient (Wildman–Crippen LogP) is 3.74. The van der Waals surface area contributed by atoms with Crippen molar-refractivity contribution in [3.8, 4) is 0 Å². The van der Waals surface area contributed by atoms with Crippen molar-refractivity contribution in [1.82, 2.24) is 4.90 Å². The largest absolute Gasteiger partial charge is 0.481 e. The fraction of sp³-hybridized carbons (Fsp3) is 0.600. The van der Waals surface area contributed by atoms with Crippen molar-refractivity contribution in [2.75, 3.05) is 6.54 Å². The summed E-state index contributed by atoms with van der Waals surface area (Å²) in [5.41, 5.74) is 2.74. The standard InChI is InChI=1S/C20H27NO3/c22-19(21-13-4-3-9-17(21)11-12-20(23)24)14-16-8-5-7-15-6-1-2-10-18(15)16/h1-2,6,10,16-17H,3-5,7-9,11-14H2,(H,23,24). The first-order valence-electron chi connectivity index (χ1n) is 9.24. The third kappa shape index (κ3) is 3.97. The summed E-state index contributed by atoms with van der Waals surface area (Å²) in [6, 6.07) is 8.61. The third-order valence-corrected chi connectivity index (χ3v) is 5.55. The molecule has 2 atom stereocenters.